The molecule has 0 saturated carbocycles. The third-order valence-corrected chi connectivity index (χ3v) is 3.63. The van der Waals surface area contributed by atoms with Gasteiger partial charge in [-0.25, -0.2) is 13.1 Å². The third-order valence-electron chi connectivity index (χ3n) is 2.11. The fourth-order valence-electron chi connectivity index (χ4n) is 1.31. The second kappa shape index (κ2) is 6.32. The van der Waals surface area contributed by atoms with Gasteiger partial charge in [-0.2, -0.15) is 0 Å². The van der Waals surface area contributed by atoms with Crippen molar-refractivity contribution in [2.24, 2.45) is 0 Å². The Hall–Kier alpha value is -1.66. The van der Waals surface area contributed by atoms with E-state index >= 15 is 0 Å². The van der Waals surface area contributed by atoms with Crippen LogP contribution in [0.5, 0.6) is 0 Å². The lowest BCUT2D eigenvalue weighted by atomic mass is 10.2. The summed E-state index contributed by atoms with van der Waals surface area (Å²) in [4.78, 5) is 10.9. The van der Waals surface area contributed by atoms with Crippen LogP contribution < -0.4 is 4.72 Å². The standard InChI is InChI=1S/C12H15NO4S/c1-3-8-13-18(15,16)12-7-5-4-6-11(12)9-17-10(2)14/h3-7,13H,1,8-9H2,2H3. The Bertz CT molecular complexity index is 537. The van der Waals surface area contributed by atoms with Gasteiger partial charge in [-0.05, 0) is 6.07 Å². The van der Waals surface area contributed by atoms with Gasteiger partial charge in [0.05, 0.1) is 4.90 Å². The van der Waals surface area contributed by atoms with Gasteiger partial charge < -0.3 is 4.74 Å². The van der Waals surface area contributed by atoms with Gasteiger partial charge in [0.2, 0.25) is 10.0 Å². The lowest BCUT2D eigenvalue weighted by Gasteiger charge is -2.10. The quantitative estimate of drug-likeness (QED) is 0.622. The molecule has 0 aliphatic carbocycles. The van der Waals surface area contributed by atoms with Crippen LogP contribution in [0.4, 0.5) is 0 Å². The molecule has 1 aromatic carbocycles. The van der Waals surface area contributed by atoms with Crippen molar-refractivity contribution in [3.63, 3.8) is 0 Å². The number of rotatable bonds is 6. The van der Waals surface area contributed by atoms with Crippen LogP contribution in [0.3, 0.4) is 0 Å². The minimum atomic E-state index is -3.61. The van der Waals surface area contributed by atoms with Crippen LogP contribution in [0, 0.1) is 0 Å². The van der Waals surface area contributed by atoms with E-state index in [4.69, 9.17) is 4.74 Å². The average molecular weight is 269 g/mol. The summed E-state index contributed by atoms with van der Waals surface area (Å²) in [6, 6.07) is 6.36. The number of hydrogen-bond acceptors (Lipinski definition) is 4. The van der Waals surface area contributed by atoms with E-state index in [1.54, 1.807) is 18.2 Å². The molecule has 6 heteroatoms. The summed E-state index contributed by atoms with van der Waals surface area (Å²) in [7, 11) is -3.61. The molecule has 0 heterocycles. The fraction of sp³-hybridized carbons (Fsp3) is 0.250. The number of sulfonamides is 1. The molecule has 18 heavy (non-hydrogen) atoms. The molecule has 1 N–H and O–H groups in total. The minimum Gasteiger partial charge on any atom is -0.461 e. The topological polar surface area (TPSA) is 72.5 Å². The van der Waals surface area contributed by atoms with E-state index in [9.17, 15) is 13.2 Å². The zero-order chi connectivity index (χ0) is 13.6. The molecule has 0 saturated heterocycles. The highest BCUT2D eigenvalue weighted by Gasteiger charge is 2.17. The maximum atomic E-state index is 12.0. The van der Waals surface area contributed by atoms with Crippen LogP contribution in [0.1, 0.15) is 12.5 Å². The number of carbonyl (C=O) groups excluding carboxylic acids is 1. The van der Waals surface area contributed by atoms with Crippen molar-refractivity contribution in [2.75, 3.05) is 6.54 Å². The molecule has 0 fully saturated rings. The Morgan fingerprint density at radius 3 is 2.72 bits per heavy atom. The third kappa shape index (κ3) is 3.97. The van der Waals surface area contributed by atoms with Gasteiger partial charge in [0.25, 0.3) is 0 Å². The molecular weight excluding hydrogens is 254 g/mol. The van der Waals surface area contributed by atoms with Crippen molar-refractivity contribution >= 4 is 16.0 Å². The molecule has 0 atom stereocenters. The Balaban J connectivity index is 3.00. The summed E-state index contributed by atoms with van der Waals surface area (Å²) in [5.74, 6) is -0.457. The molecule has 0 amide bonds. The molecule has 0 spiro atoms. The van der Waals surface area contributed by atoms with E-state index in [1.165, 1.54) is 19.1 Å². The molecule has 0 radical (unpaired) electrons. The minimum absolute atomic E-state index is 0.0689. The van der Waals surface area contributed by atoms with Crippen LogP contribution in [0.2, 0.25) is 0 Å². The predicted molar refractivity (Wildman–Crippen MR) is 67.3 cm³/mol. The fourth-order valence-corrected chi connectivity index (χ4v) is 2.53. The average Bonchev–Trinajstić information content (AvgIpc) is 2.34. The molecule has 0 aromatic heterocycles. The van der Waals surface area contributed by atoms with Gasteiger partial charge >= 0.3 is 5.97 Å². The van der Waals surface area contributed by atoms with Crippen LogP contribution >= 0.6 is 0 Å². The van der Waals surface area contributed by atoms with Gasteiger partial charge in [-0.1, -0.05) is 24.3 Å². The molecule has 0 bridgehead atoms. The number of ether oxygens (including phenoxy) is 1. The molecular formula is C12H15NO4S. The largest absolute Gasteiger partial charge is 0.461 e. The van der Waals surface area contributed by atoms with Crippen molar-refractivity contribution in [3.8, 4) is 0 Å². The van der Waals surface area contributed by atoms with Gasteiger partial charge in [-0.15, -0.1) is 6.58 Å². The normalized spacial score (nSPS) is 10.9. The summed E-state index contributed by atoms with van der Waals surface area (Å²) in [6.45, 7) is 4.79. The van der Waals surface area contributed by atoms with Gasteiger partial charge in [0, 0.05) is 19.0 Å². The summed E-state index contributed by atoms with van der Waals surface area (Å²) >= 11 is 0. The van der Waals surface area contributed by atoms with Crippen molar-refractivity contribution in [1.29, 1.82) is 0 Å². The zero-order valence-corrected chi connectivity index (χ0v) is 10.9. The molecule has 0 aliphatic rings. The Morgan fingerprint density at radius 2 is 2.11 bits per heavy atom. The van der Waals surface area contributed by atoms with Crippen molar-refractivity contribution in [2.45, 2.75) is 18.4 Å². The first-order chi connectivity index (χ1) is 8.47. The second-order valence-electron chi connectivity index (χ2n) is 3.53. The Kier molecular flexibility index (Phi) is 5.06. The van der Waals surface area contributed by atoms with E-state index in [-0.39, 0.29) is 18.0 Å². The zero-order valence-electron chi connectivity index (χ0n) is 10.0. The van der Waals surface area contributed by atoms with E-state index in [0.717, 1.165) is 0 Å². The van der Waals surface area contributed by atoms with Crippen molar-refractivity contribution < 1.29 is 17.9 Å². The van der Waals surface area contributed by atoms with Crippen LogP contribution in [-0.4, -0.2) is 20.9 Å². The highest BCUT2D eigenvalue weighted by Crippen LogP contribution is 2.16. The maximum Gasteiger partial charge on any atom is 0.302 e. The monoisotopic (exact) mass is 269 g/mol. The van der Waals surface area contributed by atoms with Crippen LogP contribution in [0.15, 0.2) is 41.8 Å². The molecule has 98 valence electrons. The number of hydrogen-bond donors (Lipinski definition) is 1. The van der Waals surface area contributed by atoms with Gasteiger partial charge in [0.1, 0.15) is 6.61 Å². The lowest BCUT2D eigenvalue weighted by molar-refractivity contribution is -0.142. The molecule has 5 nitrogen and oxygen atoms in total. The summed E-state index contributed by atoms with van der Waals surface area (Å²) < 4.78 is 31.1. The predicted octanol–water partition coefficient (Wildman–Crippen LogP) is 1.21. The second-order valence-corrected chi connectivity index (χ2v) is 5.26. The van der Waals surface area contributed by atoms with E-state index in [2.05, 4.69) is 11.3 Å². The van der Waals surface area contributed by atoms with E-state index in [1.807, 2.05) is 0 Å². The van der Waals surface area contributed by atoms with Crippen LogP contribution in [-0.2, 0) is 26.2 Å². The molecule has 0 unspecified atom stereocenters. The first-order valence-corrected chi connectivity index (χ1v) is 6.77. The first kappa shape index (κ1) is 14.4. The van der Waals surface area contributed by atoms with Gasteiger partial charge in [0.15, 0.2) is 0 Å². The van der Waals surface area contributed by atoms with Crippen molar-refractivity contribution in [1.82, 2.24) is 4.72 Å². The molecule has 1 aromatic rings. The van der Waals surface area contributed by atoms with E-state index < -0.39 is 16.0 Å². The van der Waals surface area contributed by atoms with Crippen LogP contribution in [0.25, 0.3) is 0 Å². The molecule has 0 aliphatic heterocycles. The Labute approximate surface area is 107 Å². The Morgan fingerprint density at radius 1 is 1.44 bits per heavy atom. The highest BCUT2D eigenvalue weighted by molar-refractivity contribution is 7.89. The maximum absolute atomic E-state index is 12.0. The number of nitrogens with one attached hydrogen (secondary N) is 1. The van der Waals surface area contributed by atoms with E-state index in [0.29, 0.717) is 5.56 Å². The smallest absolute Gasteiger partial charge is 0.302 e. The molecule has 1 rings (SSSR count). The number of benzene rings is 1. The highest BCUT2D eigenvalue weighted by atomic mass is 32.2. The SMILES string of the molecule is C=CCNS(=O)(=O)c1ccccc1COC(C)=O. The number of carbonyl (C=O) groups is 1. The van der Waals surface area contributed by atoms with Crippen molar-refractivity contribution in [3.05, 3.63) is 42.5 Å². The summed E-state index contributed by atoms with van der Waals surface area (Å²) in [6.07, 6.45) is 1.45. The lowest BCUT2D eigenvalue weighted by Crippen LogP contribution is -2.25. The first-order valence-electron chi connectivity index (χ1n) is 5.29. The number of esters is 1. The summed E-state index contributed by atoms with van der Waals surface area (Å²) in [5, 5.41) is 0. The van der Waals surface area contributed by atoms with Gasteiger partial charge in [-0.3, -0.25) is 4.79 Å². The summed E-state index contributed by atoms with van der Waals surface area (Å²) in [5.41, 5.74) is 0.435.